The lowest BCUT2D eigenvalue weighted by molar-refractivity contribution is -0.128. The van der Waals surface area contributed by atoms with E-state index < -0.39 is 0 Å². The first kappa shape index (κ1) is 19.7. The summed E-state index contributed by atoms with van der Waals surface area (Å²) in [5, 5.41) is 3.61. The maximum Gasteiger partial charge on any atom is 0.229 e. The molecule has 0 unspecified atom stereocenters. The Kier molecular flexibility index (Phi) is 6.02. The van der Waals surface area contributed by atoms with E-state index in [4.69, 9.17) is 16.3 Å². The van der Waals surface area contributed by atoms with Gasteiger partial charge in [-0.15, -0.1) is 0 Å². The SMILES string of the molecule is O=C(Nc1cccc(Cl)c1N1CCOCC1)[C@H]1CC(=O)N(Cc2ccccc2)C1. The van der Waals surface area contributed by atoms with E-state index in [1.165, 1.54) is 0 Å². The molecule has 29 heavy (non-hydrogen) atoms. The molecule has 2 fully saturated rings. The van der Waals surface area contributed by atoms with Crippen LogP contribution in [0.5, 0.6) is 0 Å². The first-order chi connectivity index (χ1) is 14.1. The van der Waals surface area contributed by atoms with Gasteiger partial charge in [-0.2, -0.15) is 0 Å². The van der Waals surface area contributed by atoms with Crippen molar-refractivity contribution in [2.24, 2.45) is 5.92 Å². The smallest absolute Gasteiger partial charge is 0.229 e. The zero-order chi connectivity index (χ0) is 20.2. The van der Waals surface area contributed by atoms with Gasteiger partial charge < -0.3 is 19.9 Å². The molecule has 2 saturated heterocycles. The largest absolute Gasteiger partial charge is 0.378 e. The van der Waals surface area contributed by atoms with E-state index in [2.05, 4.69) is 10.2 Å². The highest BCUT2D eigenvalue weighted by atomic mass is 35.5. The summed E-state index contributed by atoms with van der Waals surface area (Å²) in [5.74, 6) is -0.512. The molecule has 152 valence electrons. The van der Waals surface area contributed by atoms with Gasteiger partial charge in [-0.1, -0.05) is 48.0 Å². The number of hydrogen-bond acceptors (Lipinski definition) is 4. The van der Waals surface area contributed by atoms with Crippen LogP contribution < -0.4 is 10.2 Å². The topological polar surface area (TPSA) is 61.9 Å². The van der Waals surface area contributed by atoms with E-state index in [0.29, 0.717) is 37.0 Å². The number of likely N-dealkylation sites (tertiary alicyclic amines) is 1. The Bertz CT molecular complexity index is 884. The van der Waals surface area contributed by atoms with Crippen molar-refractivity contribution in [3.05, 3.63) is 59.1 Å². The van der Waals surface area contributed by atoms with E-state index in [-0.39, 0.29) is 24.2 Å². The van der Waals surface area contributed by atoms with Crippen LogP contribution in [0, 0.1) is 5.92 Å². The molecule has 0 spiro atoms. The van der Waals surface area contributed by atoms with Crippen LogP contribution in [0.2, 0.25) is 5.02 Å². The number of amides is 2. The zero-order valence-corrected chi connectivity index (χ0v) is 16.9. The van der Waals surface area contributed by atoms with Crippen LogP contribution in [0.15, 0.2) is 48.5 Å². The molecule has 4 rings (SSSR count). The molecule has 0 radical (unpaired) electrons. The number of carbonyl (C=O) groups excluding carboxylic acids is 2. The summed E-state index contributed by atoms with van der Waals surface area (Å²) in [6, 6.07) is 15.3. The Labute approximate surface area is 175 Å². The first-order valence-corrected chi connectivity index (χ1v) is 10.2. The predicted octanol–water partition coefficient (Wildman–Crippen LogP) is 3.16. The summed E-state index contributed by atoms with van der Waals surface area (Å²) >= 11 is 6.45. The van der Waals surface area contributed by atoms with E-state index in [0.717, 1.165) is 24.3 Å². The second kappa shape index (κ2) is 8.84. The number of benzene rings is 2. The fourth-order valence-electron chi connectivity index (χ4n) is 3.86. The Balaban J connectivity index is 1.45. The van der Waals surface area contributed by atoms with Crippen molar-refractivity contribution in [1.82, 2.24) is 4.90 Å². The number of anilines is 2. The van der Waals surface area contributed by atoms with Crippen LogP contribution in [0.1, 0.15) is 12.0 Å². The highest BCUT2D eigenvalue weighted by molar-refractivity contribution is 6.34. The van der Waals surface area contributed by atoms with Gasteiger partial charge in [0, 0.05) is 32.6 Å². The number of nitrogens with one attached hydrogen (secondary N) is 1. The number of halogens is 1. The van der Waals surface area contributed by atoms with Crippen LogP contribution in [-0.2, 0) is 20.9 Å². The molecule has 2 aromatic rings. The Morgan fingerprint density at radius 3 is 2.62 bits per heavy atom. The van der Waals surface area contributed by atoms with E-state index >= 15 is 0 Å². The van der Waals surface area contributed by atoms with Gasteiger partial charge in [0.15, 0.2) is 0 Å². The maximum absolute atomic E-state index is 12.9. The molecule has 2 aliphatic rings. The van der Waals surface area contributed by atoms with Gasteiger partial charge in [-0.05, 0) is 17.7 Å². The summed E-state index contributed by atoms with van der Waals surface area (Å²) in [7, 11) is 0. The third-order valence-corrected chi connectivity index (χ3v) is 5.68. The molecule has 7 heteroatoms. The average molecular weight is 414 g/mol. The minimum absolute atomic E-state index is 0.00787. The lowest BCUT2D eigenvalue weighted by Crippen LogP contribution is -2.37. The molecular formula is C22H24ClN3O3. The van der Waals surface area contributed by atoms with Crippen molar-refractivity contribution >= 4 is 34.8 Å². The lowest BCUT2D eigenvalue weighted by atomic mass is 10.1. The molecule has 1 N–H and O–H groups in total. The average Bonchev–Trinajstić information content (AvgIpc) is 3.10. The van der Waals surface area contributed by atoms with Crippen LogP contribution in [-0.4, -0.2) is 49.6 Å². The monoisotopic (exact) mass is 413 g/mol. The highest BCUT2D eigenvalue weighted by Crippen LogP contribution is 2.35. The summed E-state index contributed by atoms with van der Waals surface area (Å²) in [6.45, 7) is 3.65. The first-order valence-electron chi connectivity index (χ1n) is 9.85. The normalized spacial score (nSPS) is 19.5. The zero-order valence-electron chi connectivity index (χ0n) is 16.1. The number of ether oxygens (including phenoxy) is 1. The molecule has 0 bridgehead atoms. The number of carbonyl (C=O) groups is 2. The summed E-state index contributed by atoms with van der Waals surface area (Å²) in [5.41, 5.74) is 2.56. The fraction of sp³-hybridized carbons (Fsp3) is 0.364. The van der Waals surface area contributed by atoms with Crippen molar-refractivity contribution in [3.8, 4) is 0 Å². The quantitative estimate of drug-likeness (QED) is 0.817. The molecule has 2 aliphatic heterocycles. The molecule has 1 atom stereocenters. The Morgan fingerprint density at radius 2 is 1.86 bits per heavy atom. The molecule has 0 saturated carbocycles. The van der Waals surface area contributed by atoms with Crippen molar-refractivity contribution in [2.45, 2.75) is 13.0 Å². The summed E-state index contributed by atoms with van der Waals surface area (Å²) in [6.07, 6.45) is 0.228. The lowest BCUT2D eigenvalue weighted by Gasteiger charge is -2.31. The predicted molar refractivity (Wildman–Crippen MR) is 113 cm³/mol. The third-order valence-electron chi connectivity index (χ3n) is 5.37. The number of para-hydroxylation sites is 1. The van der Waals surface area contributed by atoms with Gasteiger partial charge in [-0.3, -0.25) is 9.59 Å². The van der Waals surface area contributed by atoms with Crippen molar-refractivity contribution in [3.63, 3.8) is 0 Å². The van der Waals surface area contributed by atoms with Crippen LogP contribution in [0.4, 0.5) is 11.4 Å². The van der Waals surface area contributed by atoms with E-state index in [9.17, 15) is 9.59 Å². The second-order valence-electron chi connectivity index (χ2n) is 7.39. The highest BCUT2D eigenvalue weighted by Gasteiger charge is 2.34. The number of rotatable bonds is 5. The molecular weight excluding hydrogens is 390 g/mol. The Morgan fingerprint density at radius 1 is 1.10 bits per heavy atom. The molecule has 6 nitrogen and oxygen atoms in total. The van der Waals surface area contributed by atoms with Gasteiger partial charge in [-0.25, -0.2) is 0 Å². The number of morpholine rings is 1. The molecule has 2 amide bonds. The molecule has 0 aliphatic carbocycles. The Hall–Kier alpha value is -2.57. The summed E-state index contributed by atoms with van der Waals surface area (Å²) < 4.78 is 5.42. The minimum atomic E-state index is -0.372. The van der Waals surface area contributed by atoms with Crippen molar-refractivity contribution < 1.29 is 14.3 Å². The second-order valence-corrected chi connectivity index (χ2v) is 7.79. The van der Waals surface area contributed by atoms with Gasteiger partial charge in [0.25, 0.3) is 0 Å². The van der Waals surface area contributed by atoms with Crippen molar-refractivity contribution in [1.29, 1.82) is 0 Å². The van der Waals surface area contributed by atoms with Gasteiger partial charge in [0.2, 0.25) is 11.8 Å². The molecule has 2 heterocycles. The standard InChI is InChI=1S/C22H24ClN3O3/c23-18-7-4-8-19(21(18)25-9-11-29-12-10-25)24-22(28)17-13-20(27)26(15-17)14-16-5-2-1-3-6-16/h1-8,17H,9-15H2,(H,24,28)/t17-/m0/s1. The molecule has 2 aromatic carbocycles. The maximum atomic E-state index is 12.9. The van der Waals surface area contributed by atoms with Gasteiger partial charge in [0.1, 0.15) is 0 Å². The van der Waals surface area contributed by atoms with Crippen molar-refractivity contribution in [2.75, 3.05) is 43.1 Å². The van der Waals surface area contributed by atoms with E-state index in [1.807, 2.05) is 48.5 Å². The number of nitrogens with zero attached hydrogens (tertiary/aromatic N) is 2. The fourth-order valence-corrected chi connectivity index (χ4v) is 4.16. The van der Waals surface area contributed by atoms with Gasteiger partial charge in [0.05, 0.1) is 35.5 Å². The van der Waals surface area contributed by atoms with Crippen LogP contribution in [0.25, 0.3) is 0 Å². The molecule has 0 aromatic heterocycles. The third kappa shape index (κ3) is 4.54. The van der Waals surface area contributed by atoms with Gasteiger partial charge >= 0.3 is 0 Å². The number of hydrogen-bond donors (Lipinski definition) is 1. The van der Waals surface area contributed by atoms with Crippen LogP contribution >= 0.6 is 11.6 Å². The van der Waals surface area contributed by atoms with Crippen LogP contribution in [0.3, 0.4) is 0 Å². The summed E-state index contributed by atoms with van der Waals surface area (Å²) in [4.78, 5) is 29.2. The van der Waals surface area contributed by atoms with E-state index in [1.54, 1.807) is 4.90 Å². The minimum Gasteiger partial charge on any atom is -0.378 e.